The zero-order valence-corrected chi connectivity index (χ0v) is 10.5. The normalized spacial score (nSPS) is 10.2. The van der Waals surface area contributed by atoms with Crippen LogP contribution in [0.4, 0.5) is 4.39 Å². The average molecular weight is 258 g/mol. The number of nitrogens with one attached hydrogen (secondary N) is 1. The Morgan fingerprint density at radius 1 is 1.21 bits per heavy atom. The van der Waals surface area contributed by atoms with Crippen molar-refractivity contribution in [3.8, 4) is 0 Å². The molecule has 0 saturated carbocycles. The Morgan fingerprint density at radius 2 is 2.00 bits per heavy atom. The molecule has 4 heteroatoms. The van der Waals surface area contributed by atoms with Gasteiger partial charge in [-0.05, 0) is 24.5 Å². The van der Waals surface area contributed by atoms with Crippen LogP contribution in [0.25, 0.3) is 0 Å². The predicted molar refractivity (Wildman–Crippen MR) is 71.3 cm³/mol. The lowest BCUT2D eigenvalue weighted by atomic mass is 10.1. The van der Waals surface area contributed by atoms with Gasteiger partial charge in [0.1, 0.15) is 0 Å². The quantitative estimate of drug-likeness (QED) is 0.661. The highest BCUT2D eigenvalue weighted by Crippen LogP contribution is 2.03. The fourth-order valence-electron chi connectivity index (χ4n) is 1.78. The van der Waals surface area contributed by atoms with Gasteiger partial charge in [-0.2, -0.15) is 4.39 Å². The summed E-state index contributed by atoms with van der Waals surface area (Å²) in [4.78, 5) is 15.1. The second-order valence-corrected chi connectivity index (χ2v) is 4.21. The number of hydrogen-bond acceptors (Lipinski definition) is 2. The molecule has 1 aromatic carbocycles. The number of hydrogen-bond donors (Lipinski definition) is 1. The second kappa shape index (κ2) is 6.64. The number of amides is 1. The van der Waals surface area contributed by atoms with E-state index in [1.165, 1.54) is 17.8 Å². The molecule has 19 heavy (non-hydrogen) atoms. The predicted octanol–water partition coefficient (Wildman–Crippen LogP) is 2.58. The van der Waals surface area contributed by atoms with E-state index in [-0.39, 0.29) is 5.91 Å². The van der Waals surface area contributed by atoms with Gasteiger partial charge >= 0.3 is 0 Å². The summed E-state index contributed by atoms with van der Waals surface area (Å²) in [5.74, 6) is -0.911. The molecule has 0 spiro atoms. The van der Waals surface area contributed by atoms with Gasteiger partial charge in [0.05, 0.1) is 0 Å². The van der Waals surface area contributed by atoms with Crippen LogP contribution in [0, 0.1) is 5.95 Å². The van der Waals surface area contributed by atoms with Gasteiger partial charge in [0.2, 0.25) is 5.95 Å². The Bertz CT molecular complexity index is 543. The molecule has 0 fully saturated rings. The third kappa shape index (κ3) is 4.17. The van der Waals surface area contributed by atoms with E-state index in [1.807, 2.05) is 18.2 Å². The molecule has 0 aliphatic heterocycles. The lowest BCUT2D eigenvalue weighted by Gasteiger charge is -2.05. The first kappa shape index (κ1) is 13.2. The minimum atomic E-state index is -0.642. The first-order valence-electron chi connectivity index (χ1n) is 6.19. The largest absolute Gasteiger partial charge is 0.352 e. The van der Waals surface area contributed by atoms with Crippen LogP contribution >= 0.6 is 0 Å². The number of pyridine rings is 1. The molecule has 1 aromatic heterocycles. The van der Waals surface area contributed by atoms with Crippen LogP contribution in [-0.4, -0.2) is 17.4 Å². The molecule has 2 rings (SSSR count). The highest BCUT2D eigenvalue weighted by molar-refractivity contribution is 5.93. The van der Waals surface area contributed by atoms with Crippen molar-refractivity contribution in [2.45, 2.75) is 12.8 Å². The van der Waals surface area contributed by atoms with Gasteiger partial charge in [-0.3, -0.25) is 4.79 Å². The summed E-state index contributed by atoms with van der Waals surface area (Å²) < 4.78 is 12.8. The second-order valence-electron chi connectivity index (χ2n) is 4.21. The van der Waals surface area contributed by atoms with Crippen LogP contribution in [0.15, 0.2) is 48.7 Å². The molecule has 0 bridgehead atoms. The maximum Gasteiger partial charge on any atom is 0.251 e. The number of rotatable bonds is 5. The molecule has 0 saturated heterocycles. The molecule has 1 heterocycles. The Labute approximate surface area is 111 Å². The highest BCUT2D eigenvalue weighted by atomic mass is 19.1. The van der Waals surface area contributed by atoms with E-state index in [0.717, 1.165) is 18.9 Å². The monoisotopic (exact) mass is 258 g/mol. The molecular formula is C15H15FN2O. The van der Waals surface area contributed by atoms with E-state index in [1.54, 1.807) is 0 Å². The number of nitrogens with zero attached hydrogens (tertiary/aromatic N) is 1. The zero-order valence-electron chi connectivity index (χ0n) is 10.5. The van der Waals surface area contributed by atoms with Crippen molar-refractivity contribution >= 4 is 5.91 Å². The van der Waals surface area contributed by atoms with Crippen LogP contribution in [-0.2, 0) is 6.42 Å². The van der Waals surface area contributed by atoms with Crippen LogP contribution in [0.1, 0.15) is 22.3 Å². The van der Waals surface area contributed by atoms with E-state index < -0.39 is 5.95 Å². The van der Waals surface area contributed by atoms with Gasteiger partial charge in [0.25, 0.3) is 5.91 Å². The topological polar surface area (TPSA) is 42.0 Å². The summed E-state index contributed by atoms with van der Waals surface area (Å²) in [6.07, 6.45) is 3.05. The molecule has 0 atom stereocenters. The van der Waals surface area contributed by atoms with Gasteiger partial charge in [-0.1, -0.05) is 30.3 Å². The van der Waals surface area contributed by atoms with E-state index >= 15 is 0 Å². The van der Waals surface area contributed by atoms with Crippen molar-refractivity contribution in [3.63, 3.8) is 0 Å². The number of aryl methyl sites for hydroxylation is 1. The maximum atomic E-state index is 12.8. The smallest absolute Gasteiger partial charge is 0.251 e. The number of aromatic nitrogens is 1. The number of carbonyl (C=O) groups excluding carboxylic acids is 1. The molecule has 1 amide bonds. The highest BCUT2D eigenvalue weighted by Gasteiger charge is 2.05. The van der Waals surface area contributed by atoms with Gasteiger partial charge in [-0.25, -0.2) is 4.98 Å². The van der Waals surface area contributed by atoms with Gasteiger partial charge in [-0.15, -0.1) is 0 Å². The van der Waals surface area contributed by atoms with Gasteiger partial charge in [0, 0.05) is 24.4 Å². The minimum absolute atomic E-state index is 0.269. The van der Waals surface area contributed by atoms with Gasteiger partial charge < -0.3 is 5.32 Å². The van der Waals surface area contributed by atoms with Crippen LogP contribution < -0.4 is 5.32 Å². The Hall–Kier alpha value is -2.23. The first-order valence-corrected chi connectivity index (χ1v) is 6.19. The van der Waals surface area contributed by atoms with Gasteiger partial charge in [0.15, 0.2) is 0 Å². The fraction of sp³-hybridized carbons (Fsp3) is 0.200. The van der Waals surface area contributed by atoms with E-state index in [4.69, 9.17) is 0 Å². The lowest BCUT2D eigenvalue weighted by Crippen LogP contribution is -2.24. The average Bonchev–Trinajstić information content (AvgIpc) is 2.44. The molecule has 0 unspecified atom stereocenters. The van der Waals surface area contributed by atoms with Crippen molar-refractivity contribution in [1.29, 1.82) is 0 Å². The summed E-state index contributed by atoms with van der Waals surface area (Å²) in [6.45, 7) is 0.567. The lowest BCUT2D eigenvalue weighted by molar-refractivity contribution is 0.0952. The summed E-state index contributed by atoms with van der Waals surface area (Å²) in [7, 11) is 0. The van der Waals surface area contributed by atoms with Crippen molar-refractivity contribution in [2.75, 3.05) is 6.54 Å². The van der Waals surface area contributed by atoms with Crippen LogP contribution in [0.3, 0.4) is 0 Å². The Morgan fingerprint density at radius 3 is 2.74 bits per heavy atom. The molecule has 2 aromatic rings. The molecular weight excluding hydrogens is 243 g/mol. The van der Waals surface area contributed by atoms with Crippen molar-refractivity contribution in [3.05, 3.63) is 65.7 Å². The molecule has 98 valence electrons. The summed E-state index contributed by atoms with van der Waals surface area (Å²) in [5, 5.41) is 2.76. The minimum Gasteiger partial charge on any atom is -0.352 e. The van der Waals surface area contributed by atoms with E-state index in [9.17, 15) is 9.18 Å². The molecule has 0 aliphatic carbocycles. The maximum absolute atomic E-state index is 12.8. The standard InChI is InChI=1S/C15H15FN2O/c16-14-11-13(8-10-17-14)15(19)18-9-4-7-12-5-2-1-3-6-12/h1-3,5-6,8,10-11H,4,7,9H2,(H,18,19). The number of halogens is 1. The molecule has 1 N–H and O–H groups in total. The van der Waals surface area contributed by atoms with Crippen molar-refractivity contribution in [1.82, 2.24) is 10.3 Å². The molecule has 3 nitrogen and oxygen atoms in total. The molecule has 0 aliphatic rings. The van der Waals surface area contributed by atoms with Crippen LogP contribution in [0.5, 0.6) is 0 Å². The fourth-order valence-corrected chi connectivity index (χ4v) is 1.78. The first-order chi connectivity index (χ1) is 9.25. The van der Waals surface area contributed by atoms with E-state index in [2.05, 4.69) is 22.4 Å². The third-order valence-corrected chi connectivity index (χ3v) is 2.76. The SMILES string of the molecule is O=C(NCCCc1ccccc1)c1ccnc(F)c1. The van der Waals surface area contributed by atoms with E-state index in [0.29, 0.717) is 12.1 Å². The summed E-state index contributed by atoms with van der Waals surface area (Å²) >= 11 is 0. The van der Waals surface area contributed by atoms with Crippen molar-refractivity contribution < 1.29 is 9.18 Å². The summed E-state index contributed by atoms with van der Waals surface area (Å²) in [6, 6.07) is 12.7. The van der Waals surface area contributed by atoms with Crippen molar-refractivity contribution in [2.24, 2.45) is 0 Å². The Kier molecular flexibility index (Phi) is 4.61. The number of carbonyl (C=O) groups is 1. The number of benzene rings is 1. The van der Waals surface area contributed by atoms with Crippen LogP contribution in [0.2, 0.25) is 0 Å². The molecule has 0 radical (unpaired) electrons. The summed E-state index contributed by atoms with van der Waals surface area (Å²) in [5.41, 5.74) is 1.54. The zero-order chi connectivity index (χ0) is 13.5. The Balaban J connectivity index is 1.75. The third-order valence-electron chi connectivity index (χ3n) is 2.76.